The van der Waals surface area contributed by atoms with E-state index in [2.05, 4.69) is 26.6 Å². The summed E-state index contributed by atoms with van der Waals surface area (Å²) in [6.45, 7) is 5.88. The molecule has 3 aromatic rings. The molecule has 0 aliphatic carbocycles. The molecule has 5 heterocycles. The Morgan fingerprint density at radius 2 is 2.33 bits per heavy atom. The fourth-order valence-corrected chi connectivity index (χ4v) is 6.47. The molecule has 0 radical (unpaired) electrons. The maximum absolute atomic E-state index is 12.7. The first-order valence-electron chi connectivity index (χ1n) is 10.0. The zero-order valence-corrected chi connectivity index (χ0v) is 18.3. The average molecular weight is 443 g/mol. The van der Waals surface area contributed by atoms with Gasteiger partial charge in [-0.3, -0.25) is 14.7 Å². The third-order valence-corrected chi connectivity index (χ3v) is 7.86. The van der Waals surface area contributed by atoms with Gasteiger partial charge in [-0.2, -0.15) is 5.26 Å². The van der Waals surface area contributed by atoms with Crippen molar-refractivity contribution in [1.82, 2.24) is 20.2 Å². The van der Waals surface area contributed by atoms with E-state index in [4.69, 9.17) is 10.2 Å². The van der Waals surface area contributed by atoms with Crippen molar-refractivity contribution in [3.8, 4) is 16.6 Å². The Balaban J connectivity index is 0.00000144. The molecule has 5 rings (SSSR count). The molecule has 1 amide bonds. The van der Waals surface area contributed by atoms with E-state index in [1.807, 2.05) is 13.0 Å². The molecule has 2 N–H and O–H groups in total. The van der Waals surface area contributed by atoms with Gasteiger partial charge in [-0.15, -0.1) is 22.7 Å². The van der Waals surface area contributed by atoms with Gasteiger partial charge >= 0.3 is 0 Å². The van der Waals surface area contributed by atoms with Gasteiger partial charge in [0.2, 0.25) is 5.91 Å². The number of rotatable bonds is 5. The summed E-state index contributed by atoms with van der Waals surface area (Å²) in [6, 6.07) is 4.33. The highest BCUT2D eigenvalue weighted by Gasteiger charge is 2.38. The van der Waals surface area contributed by atoms with Crippen LogP contribution < -0.4 is 10.6 Å². The number of nitriles is 1. The average Bonchev–Trinajstić information content (AvgIpc) is 3.30. The highest BCUT2D eigenvalue weighted by molar-refractivity contribution is 7.22. The molecule has 7 nitrogen and oxygen atoms in total. The third-order valence-electron chi connectivity index (χ3n) is 5.65. The summed E-state index contributed by atoms with van der Waals surface area (Å²) >= 11 is 3.30. The van der Waals surface area contributed by atoms with Crippen molar-refractivity contribution < 1.29 is 7.65 Å². The van der Waals surface area contributed by atoms with Crippen LogP contribution >= 0.6 is 22.7 Å². The first-order chi connectivity index (χ1) is 14.5. The van der Waals surface area contributed by atoms with Gasteiger partial charge in [-0.25, -0.2) is 4.98 Å². The molecule has 158 valence electrons. The number of hydrogen-bond acceptors (Lipinski definition) is 8. The molecule has 0 unspecified atom stereocenters. The number of nitrogens with one attached hydrogen (secondary N) is 2. The van der Waals surface area contributed by atoms with Gasteiger partial charge in [0.15, 0.2) is 0 Å². The van der Waals surface area contributed by atoms with Gasteiger partial charge in [-0.1, -0.05) is 0 Å². The van der Waals surface area contributed by atoms with Crippen molar-refractivity contribution in [2.75, 3.05) is 31.5 Å². The zero-order valence-electron chi connectivity index (χ0n) is 16.7. The van der Waals surface area contributed by atoms with Gasteiger partial charge in [0.1, 0.15) is 15.5 Å². The fourth-order valence-electron chi connectivity index (χ4n) is 4.15. The summed E-state index contributed by atoms with van der Waals surface area (Å²) in [5.74, 6) is 0.0103. The van der Waals surface area contributed by atoms with Crippen LogP contribution in [0.4, 0.5) is 5.00 Å². The fraction of sp³-hybridized carbons (Fsp3) is 0.429. The molecule has 1 saturated heterocycles. The lowest BCUT2D eigenvalue weighted by molar-refractivity contribution is -0.117. The lowest BCUT2D eigenvalue weighted by Crippen LogP contribution is -2.54. The van der Waals surface area contributed by atoms with E-state index in [1.165, 1.54) is 10.4 Å². The summed E-state index contributed by atoms with van der Waals surface area (Å²) in [5, 5.41) is 17.6. The Labute approximate surface area is 185 Å². The second-order valence-electron chi connectivity index (χ2n) is 8.18. The van der Waals surface area contributed by atoms with Crippen LogP contribution in [0.25, 0.3) is 20.8 Å². The van der Waals surface area contributed by atoms with Gasteiger partial charge in [0.05, 0.1) is 22.4 Å². The second-order valence-corrected chi connectivity index (χ2v) is 10.3. The minimum atomic E-state index is -0.259. The van der Waals surface area contributed by atoms with Crippen LogP contribution in [0.1, 0.15) is 26.6 Å². The van der Waals surface area contributed by atoms with E-state index in [9.17, 15) is 4.79 Å². The number of thiophene rings is 1. The lowest BCUT2D eigenvalue weighted by atomic mass is 9.84. The van der Waals surface area contributed by atoms with Crippen LogP contribution in [0.2, 0.25) is 0 Å². The molecule has 1 fully saturated rings. The number of carbonyl (C=O) groups excluding carboxylic acids is 1. The van der Waals surface area contributed by atoms with Crippen molar-refractivity contribution in [3.05, 3.63) is 28.9 Å². The number of pyridine rings is 1. The van der Waals surface area contributed by atoms with Crippen LogP contribution in [0.15, 0.2) is 18.5 Å². The number of amides is 1. The highest BCUT2D eigenvalue weighted by Crippen LogP contribution is 2.44. The molecule has 0 aromatic carbocycles. The van der Waals surface area contributed by atoms with Gasteiger partial charge in [0.25, 0.3) is 0 Å². The molecule has 30 heavy (non-hydrogen) atoms. The molecule has 2 aliphatic rings. The number of aromatic nitrogens is 2. The number of carbonyl (C=O) groups is 1. The van der Waals surface area contributed by atoms with E-state index < -0.39 is 0 Å². The number of fused-ring (bicyclic) bond motifs is 2. The highest BCUT2D eigenvalue weighted by atomic mass is 32.1. The molecule has 0 atom stereocenters. The maximum Gasteiger partial charge on any atom is 0.226 e. The predicted octanol–water partition coefficient (Wildman–Crippen LogP) is 3.73. The van der Waals surface area contributed by atoms with Crippen LogP contribution in [-0.2, 0) is 17.8 Å². The number of nitrogens with zero attached hydrogens (tertiary/aromatic N) is 4. The monoisotopic (exact) mass is 442 g/mol. The second kappa shape index (κ2) is 7.71. The van der Waals surface area contributed by atoms with Crippen molar-refractivity contribution in [2.24, 2.45) is 5.41 Å². The summed E-state index contributed by atoms with van der Waals surface area (Å²) in [4.78, 5) is 25.1. The molecule has 9 heteroatoms. The quantitative estimate of drug-likeness (QED) is 0.625. The van der Waals surface area contributed by atoms with Crippen LogP contribution in [0, 0.1) is 16.7 Å². The summed E-state index contributed by atoms with van der Waals surface area (Å²) in [5.41, 5.74) is 3.01. The minimum absolute atomic E-state index is 0. The standard InChI is InChI=1S/C21H22N6OS2.2H2/c1-21(10-22)11-27(12-21)7-4-17(28)26-20-18(13-2-5-24-9-16(13)30-20)19-25-14-8-23-6-3-15(14)29-19;;/h3,6,8,24H,2,4-5,7,9,11-12H2,1H3,(H,26,28);2*1H. The van der Waals surface area contributed by atoms with Gasteiger partial charge < -0.3 is 10.6 Å². The van der Waals surface area contributed by atoms with Gasteiger partial charge in [0, 0.05) is 52.1 Å². The number of hydrogen-bond donors (Lipinski definition) is 2. The molecule has 0 bridgehead atoms. The van der Waals surface area contributed by atoms with Crippen LogP contribution in [-0.4, -0.2) is 47.0 Å². The van der Waals surface area contributed by atoms with Crippen LogP contribution in [0.3, 0.4) is 0 Å². The van der Waals surface area contributed by atoms with Crippen molar-refractivity contribution in [3.63, 3.8) is 0 Å². The van der Waals surface area contributed by atoms with Gasteiger partial charge in [-0.05, 0) is 31.5 Å². The molecule has 3 aromatic heterocycles. The molecular weight excluding hydrogens is 416 g/mol. The topological polar surface area (TPSA) is 93.9 Å². The first kappa shape index (κ1) is 19.6. The Morgan fingerprint density at radius 1 is 1.47 bits per heavy atom. The lowest BCUT2D eigenvalue weighted by Gasteiger charge is -2.43. The van der Waals surface area contributed by atoms with Crippen LogP contribution in [0.5, 0.6) is 0 Å². The van der Waals surface area contributed by atoms with E-state index >= 15 is 0 Å². The maximum atomic E-state index is 12.7. The number of likely N-dealkylation sites (tertiary alicyclic amines) is 1. The Morgan fingerprint density at radius 3 is 3.13 bits per heavy atom. The SMILES string of the molecule is CC1(C#N)CN(CCC(=O)Nc2sc3c(c2-c2nc4cnccc4s2)CCNC3)C1.[HH].[HH]. The summed E-state index contributed by atoms with van der Waals surface area (Å²) in [6.07, 6.45) is 4.93. The van der Waals surface area contributed by atoms with Crippen molar-refractivity contribution in [1.29, 1.82) is 5.26 Å². The first-order valence-corrected chi connectivity index (χ1v) is 11.7. The van der Waals surface area contributed by atoms with Crippen molar-refractivity contribution in [2.45, 2.75) is 26.3 Å². The Hall–Kier alpha value is -2.38. The normalized spacial score (nSPS) is 17.9. The van der Waals surface area contributed by atoms with E-state index in [1.54, 1.807) is 35.1 Å². The largest absolute Gasteiger partial charge is 0.317 e. The van der Waals surface area contributed by atoms with E-state index in [0.717, 1.165) is 58.4 Å². The minimum Gasteiger partial charge on any atom is -0.317 e. The molecule has 0 spiro atoms. The summed E-state index contributed by atoms with van der Waals surface area (Å²) in [7, 11) is 0. The summed E-state index contributed by atoms with van der Waals surface area (Å²) < 4.78 is 1.10. The van der Waals surface area contributed by atoms with E-state index in [-0.39, 0.29) is 14.2 Å². The zero-order chi connectivity index (χ0) is 20.7. The Bertz CT molecular complexity index is 1130. The smallest absolute Gasteiger partial charge is 0.226 e. The third kappa shape index (κ3) is 3.61. The van der Waals surface area contributed by atoms with Crippen molar-refractivity contribution >= 4 is 43.8 Å². The molecular formula is C21H26N6OS2. The molecule has 0 saturated carbocycles. The number of thiazole rings is 1. The van der Waals surface area contributed by atoms with E-state index in [0.29, 0.717) is 13.0 Å². The number of anilines is 1. The molecule has 2 aliphatic heterocycles. The predicted molar refractivity (Wildman–Crippen MR) is 124 cm³/mol. The Kier molecular flexibility index (Phi) is 5.03.